The number of hydrogen-bond donors (Lipinski definition) is 0. The average Bonchev–Trinajstić information content (AvgIpc) is 2.28. The van der Waals surface area contributed by atoms with Gasteiger partial charge in [0.1, 0.15) is 8.24 Å². The zero-order chi connectivity index (χ0) is 12.6. The molecule has 96 valence electrons. The van der Waals surface area contributed by atoms with Gasteiger partial charge in [0.05, 0.1) is 0 Å². The Hall–Kier alpha value is -0.0831. The van der Waals surface area contributed by atoms with Crippen LogP contribution in [-0.2, 0) is 0 Å². The summed E-state index contributed by atoms with van der Waals surface area (Å²) in [6.45, 7) is 18.1. The summed E-state index contributed by atoms with van der Waals surface area (Å²) in [5, 5.41) is 0. The average molecular weight is 241 g/mol. The van der Waals surface area contributed by atoms with Crippen LogP contribution in [0.15, 0.2) is 12.2 Å². The quantitative estimate of drug-likeness (QED) is 0.419. The van der Waals surface area contributed by atoms with Crippen LogP contribution < -0.4 is 0 Å². The molecule has 0 aromatic heterocycles. The number of rotatable bonds is 9. The fraction of sp³-hybridized carbons (Fsp3) is 0.857. The molecule has 0 heterocycles. The van der Waals surface area contributed by atoms with E-state index >= 15 is 0 Å². The van der Waals surface area contributed by atoms with Gasteiger partial charge in [-0.1, -0.05) is 46.3 Å². The molecule has 0 rings (SSSR count). The van der Waals surface area contributed by atoms with Gasteiger partial charge in [0.25, 0.3) is 0 Å². The van der Waals surface area contributed by atoms with Crippen LogP contribution in [0.25, 0.3) is 0 Å². The Labute approximate surface area is 104 Å². The van der Waals surface area contributed by atoms with E-state index in [1.165, 1.54) is 43.1 Å². The predicted molar refractivity (Wildman–Crippen MR) is 78.5 cm³/mol. The Morgan fingerprint density at radius 2 is 1.56 bits per heavy atom. The minimum atomic E-state index is -1.17. The first-order valence-corrected chi connectivity index (χ1v) is 9.52. The van der Waals surface area contributed by atoms with Crippen LogP contribution in [0.1, 0.15) is 47.5 Å². The topological polar surface area (TPSA) is 3.24 Å². The lowest BCUT2D eigenvalue weighted by atomic mass is 10.3. The van der Waals surface area contributed by atoms with Crippen LogP contribution in [0.5, 0.6) is 0 Å². The lowest BCUT2D eigenvalue weighted by Gasteiger charge is -2.41. The molecule has 1 nitrogen and oxygen atoms in total. The van der Waals surface area contributed by atoms with Gasteiger partial charge in [-0.2, -0.15) is 0 Å². The van der Waals surface area contributed by atoms with Crippen LogP contribution in [0, 0.1) is 0 Å². The Bertz CT molecular complexity index is 189. The van der Waals surface area contributed by atoms with E-state index in [4.69, 9.17) is 0 Å². The highest BCUT2D eigenvalue weighted by Crippen LogP contribution is 2.26. The minimum absolute atomic E-state index is 1.13. The minimum Gasteiger partial charge on any atom is -0.320 e. The van der Waals surface area contributed by atoms with Crippen molar-refractivity contribution in [1.29, 1.82) is 0 Å². The van der Waals surface area contributed by atoms with Crippen LogP contribution in [0.4, 0.5) is 0 Å². The van der Waals surface area contributed by atoms with Crippen molar-refractivity contribution in [3.63, 3.8) is 0 Å². The van der Waals surface area contributed by atoms with Gasteiger partial charge in [0.2, 0.25) is 0 Å². The molecule has 0 atom stereocenters. The first-order valence-electron chi connectivity index (χ1n) is 6.95. The zero-order valence-electron chi connectivity index (χ0n) is 12.1. The van der Waals surface area contributed by atoms with E-state index in [1.807, 2.05) is 0 Å². The van der Waals surface area contributed by atoms with Crippen molar-refractivity contribution in [2.24, 2.45) is 0 Å². The maximum atomic E-state index is 4.10. The van der Waals surface area contributed by atoms with Crippen LogP contribution in [0.2, 0.25) is 18.1 Å². The summed E-state index contributed by atoms with van der Waals surface area (Å²) in [6.07, 6.45) is 2.64. The molecule has 0 aromatic rings. The highest BCUT2D eigenvalue weighted by molar-refractivity contribution is 6.77. The molecule has 0 bridgehead atoms. The molecule has 0 aromatic carbocycles. The summed E-state index contributed by atoms with van der Waals surface area (Å²) >= 11 is 0. The number of hydrogen-bond acceptors (Lipinski definition) is 1. The monoisotopic (exact) mass is 241 g/mol. The van der Waals surface area contributed by atoms with Gasteiger partial charge >= 0.3 is 0 Å². The Balaban J connectivity index is 4.72. The molecule has 2 heteroatoms. The van der Waals surface area contributed by atoms with Crippen LogP contribution in [-0.4, -0.2) is 25.9 Å². The molecule has 0 aliphatic rings. The third kappa shape index (κ3) is 4.42. The van der Waals surface area contributed by atoms with Crippen molar-refractivity contribution in [2.45, 2.75) is 65.6 Å². The van der Waals surface area contributed by atoms with E-state index in [9.17, 15) is 0 Å². The van der Waals surface area contributed by atoms with Crippen LogP contribution in [0.3, 0.4) is 0 Å². The zero-order valence-corrected chi connectivity index (χ0v) is 13.1. The summed E-state index contributed by atoms with van der Waals surface area (Å²) in [5.41, 5.74) is 1.32. The lowest BCUT2D eigenvalue weighted by Crippen LogP contribution is -2.53. The largest absolute Gasteiger partial charge is 0.320 e. The second-order valence-electron chi connectivity index (χ2n) is 5.02. The van der Waals surface area contributed by atoms with Crippen molar-refractivity contribution in [1.82, 2.24) is 4.57 Å². The van der Waals surface area contributed by atoms with E-state index in [1.54, 1.807) is 0 Å². The molecule has 0 radical (unpaired) electrons. The van der Waals surface area contributed by atoms with Gasteiger partial charge in [-0.05, 0) is 38.0 Å². The van der Waals surface area contributed by atoms with Gasteiger partial charge in [0.15, 0.2) is 0 Å². The summed E-state index contributed by atoms with van der Waals surface area (Å²) in [4.78, 5) is 0. The van der Waals surface area contributed by atoms with Crippen LogP contribution >= 0.6 is 0 Å². The fourth-order valence-corrected chi connectivity index (χ4v) is 6.66. The van der Waals surface area contributed by atoms with E-state index in [0.717, 1.165) is 6.54 Å². The SMILES string of the molecule is C=C(C)CN(CCCC)[Si](CC)(CC)CC. The molecule has 0 N–H and O–H groups in total. The van der Waals surface area contributed by atoms with Gasteiger partial charge in [-0.3, -0.25) is 0 Å². The third-order valence-corrected chi connectivity index (χ3v) is 9.56. The maximum absolute atomic E-state index is 4.10. The molecule has 0 aliphatic carbocycles. The summed E-state index contributed by atoms with van der Waals surface area (Å²) < 4.78 is 2.80. The normalized spacial score (nSPS) is 12.1. The molecular weight excluding hydrogens is 210 g/mol. The van der Waals surface area contributed by atoms with Gasteiger partial charge in [-0.25, -0.2) is 0 Å². The smallest absolute Gasteiger partial charge is 0.127 e. The summed E-state index contributed by atoms with van der Waals surface area (Å²) in [5.74, 6) is 0. The van der Waals surface area contributed by atoms with Crippen molar-refractivity contribution >= 4 is 8.24 Å². The van der Waals surface area contributed by atoms with E-state index in [0.29, 0.717) is 0 Å². The van der Waals surface area contributed by atoms with Gasteiger partial charge < -0.3 is 4.57 Å². The molecule has 0 saturated heterocycles. The van der Waals surface area contributed by atoms with Crippen molar-refractivity contribution in [3.8, 4) is 0 Å². The molecule has 0 fully saturated rings. The van der Waals surface area contributed by atoms with E-state index in [-0.39, 0.29) is 0 Å². The third-order valence-electron chi connectivity index (χ3n) is 3.89. The Morgan fingerprint density at radius 3 is 1.88 bits per heavy atom. The molecule has 0 unspecified atom stereocenters. The van der Waals surface area contributed by atoms with Crippen molar-refractivity contribution in [2.75, 3.05) is 13.1 Å². The first kappa shape index (κ1) is 15.9. The number of unbranched alkanes of at least 4 members (excludes halogenated alkanes) is 1. The Kier molecular flexibility index (Phi) is 8.03. The highest BCUT2D eigenvalue weighted by atomic mass is 28.3. The van der Waals surface area contributed by atoms with Crippen molar-refractivity contribution < 1.29 is 0 Å². The van der Waals surface area contributed by atoms with E-state index < -0.39 is 8.24 Å². The standard InChI is InChI=1S/C14H31NSi/c1-7-11-12-15(13-14(5)6)16(8-2,9-3)10-4/h5,7-13H2,1-4,6H3. The van der Waals surface area contributed by atoms with Gasteiger partial charge in [0, 0.05) is 6.54 Å². The summed E-state index contributed by atoms with van der Waals surface area (Å²) in [7, 11) is -1.17. The lowest BCUT2D eigenvalue weighted by molar-refractivity contribution is 0.430. The molecule has 0 amide bonds. The maximum Gasteiger partial charge on any atom is 0.127 e. The first-order chi connectivity index (χ1) is 7.56. The number of nitrogens with zero attached hydrogens (tertiary/aromatic N) is 1. The van der Waals surface area contributed by atoms with Gasteiger partial charge in [-0.15, -0.1) is 0 Å². The molecule has 0 aliphatic heterocycles. The molecular formula is C14H31NSi. The van der Waals surface area contributed by atoms with E-state index in [2.05, 4.69) is 45.8 Å². The predicted octanol–water partition coefficient (Wildman–Crippen LogP) is 4.67. The molecule has 0 saturated carbocycles. The highest BCUT2D eigenvalue weighted by Gasteiger charge is 2.33. The fourth-order valence-electron chi connectivity index (χ4n) is 2.58. The second kappa shape index (κ2) is 8.07. The van der Waals surface area contributed by atoms with Crippen molar-refractivity contribution in [3.05, 3.63) is 12.2 Å². The second-order valence-corrected chi connectivity index (χ2v) is 10.2. The molecule has 0 spiro atoms. The molecule has 16 heavy (non-hydrogen) atoms. The summed E-state index contributed by atoms with van der Waals surface area (Å²) in [6, 6.07) is 4.16. The Morgan fingerprint density at radius 1 is 1.06 bits per heavy atom.